The van der Waals surface area contributed by atoms with Gasteiger partial charge in [0.1, 0.15) is 17.1 Å². The van der Waals surface area contributed by atoms with Crippen LogP contribution in [0.1, 0.15) is 125 Å². The minimum atomic E-state index is -1.21. The minimum Gasteiger partial charge on any atom is -0.480 e. The van der Waals surface area contributed by atoms with Gasteiger partial charge in [0.25, 0.3) is 0 Å². The van der Waals surface area contributed by atoms with Crippen molar-refractivity contribution < 1.29 is 67.6 Å². The number of nitrogens with two attached hydrogens (primary N) is 1. The molecule has 79 heavy (non-hydrogen) atoms. The molecule has 446 valence electrons. The Morgan fingerprint density at radius 2 is 1.49 bits per heavy atom. The van der Waals surface area contributed by atoms with Gasteiger partial charge in [-0.2, -0.15) is 0 Å². The van der Waals surface area contributed by atoms with Crippen molar-refractivity contribution in [2.75, 3.05) is 60.2 Å². The molecule has 0 bridgehead atoms. The van der Waals surface area contributed by atoms with Gasteiger partial charge in [0, 0.05) is 78.8 Å². The Kier molecular flexibility index (Phi) is 31.3. The Labute approximate surface area is 472 Å². The molecule has 0 aliphatic carbocycles. The molecule has 1 aromatic carbocycles. The molecular weight excluding hydrogens is 1040 g/mol. The SMILES string of the molecule is CC[C@H](C)[C@@H]([C@@H](CC(=O)N1CCC[C@H]1[C@H](OC)[C@@H](C)C(=O)N[C@@H](Cc1ccccc1)C(=O)O)OC)N(C)C(=O)[C@@H](CC(=O)[C@H](C(C)C)N(C)C(=O)CCCCCNC(=O)CC(SCC(NCC(=O)CN)C(C)=O)C(=O)O)C(C)C. The Balaban J connectivity index is 2.09. The zero-order chi connectivity index (χ0) is 59.7. The second kappa shape index (κ2) is 35.4. The van der Waals surface area contributed by atoms with Crippen LogP contribution in [-0.4, -0.2) is 192 Å². The summed E-state index contributed by atoms with van der Waals surface area (Å²) >= 11 is 0.925. The van der Waals surface area contributed by atoms with E-state index in [2.05, 4.69) is 16.0 Å². The Hall–Kier alpha value is -5.29. The monoisotopic (exact) mass is 1130 g/mol. The Bertz CT molecular complexity index is 2170. The minimum absolute atomic E-state index is 0.0404. The lowest BCUT2D eigenvalue weighted by Gasteiger charge is -2.41. The molecule has 1 saturated heterocycles. The van der Waals surface area contributed by atoms with Crippen molar-refractivity contribution in [1.82, 2.24) is 30.7 Å². The van der Waals surface area contributed by atoms with Crippen molar-refractivity contribution in [3.63, 3.8) is 0 Å². The molecule has 2 unspecified atom stereocenters. The van der Waals surface area contributed by atoms with E-state index < -0.39 is 83.3 Å². The average Bonchev–Trinajstić information content (AvgIpc) is 3.92. The molecule has 21 nitrogen and oxygen atoms in total. The summed E-state index contributed by atoms with van der Waals surface area (Å²) < 4.78 is 12.0. The first-order valence-electron chi connectivity index (χ1n) is 27.8. The van der Waals surface area contributed by atoms with Crippen LogP contribution >= 0.6 is 11.8 Å². The summed E-state index contributed by atoms with van der Waals surface area (Å²) in [5.74, 6) is -7.25. The van der Waals surface area contributed by atoms with Gasteiger partial charge in [0.15, 0.2) is 11.6 Å². The number of hydrogen-bond donors (Lipinski definition) is 6. The second-order valence-corrected chi connectivity index (χ2v) is 22.9. The highest BCUT2D eigenvalue weighted by Crippen LogP contribution is 2.31. The fraction of sp³-hybridized carbons (Fsp3) is 0.719. The molecule has 0 radical (unpaired) electrons. The van der Waals surface area contributed by atoms with Crippen LogP contribution in [0.4, 0.5) is 0 Å². The number of ketones is 3. The second-order valence-electron chi connectivity index (χ2n) is 21.7. The number of hydrogen-bond acceptors (Lipinski definition) is 15. The molecular formula is C57H93N7O14S. The fourth-order valence-corrected chi connectivity index (χ4v) is 11.5. The summed E-state index contributed by atoms with van der Waals surface area (Å²) in [4.78, 5) is 136. The molecule has 0 saturated carbocycles. The van der Waals surface area contributed by atoms with Gasteiger partial charge >= 0.3 is 11.9 Å². The van der Waals surface area contributed by atoms with Crippen molar-refractivity contribution in [2.45, 2.75) is 174 Å². The number of unbranched alkanes of at least 4 members (excludes halogenated alkanes) is 2. The molecule has 5 amide bonds. The Morgan fingerprint density at radius 1 is 0.835 bits per heavy atom. The van der Waals surface area contributed by atoms with E-state index in [1.165, 1.54) is 26.0 Å². The summed E-state index contributed by atoms with van der Waals surface area (Å²) in [5, 5.41) is 26.7. The highest BCUT2D eigenvalue weighted by atomic mass is 32.2. The number of nitrogens with one attached hydrogen (secondary N) is 3. The first-order chi connectivity index (χ1) is 37.3. The summed E-state index contributed by atoms with van der Waals surface area (Å²) in [5.41, 5.74) is 6.08. The smallest absolute Gasteiger partial charge is 0.326 e. The molecule has 22 heteroatoms. The van der Waals surface area contributed by atoms with Gasteiger partial charge in [0.05, 0.1) is 61.8 Å². The molecule has 1 aliphatic rings. The molecule has 1 heterocycles. The third-order valence-corrected chi connectivity index (χ3v) is 16.5. The van der Waals surface area contributed by atoms with E-state index in [4.69, 9.17) is 15.2 Å². The molecule has 1 fully saturated rings. The molecule has 2 rings (SSSR count). The van der Waals surface area contributed by atoms with E-state index in [0.717, 1.165) is 17.3 Å². The van der Waals surface area contributed by atoms with E-state index in [9.17, 15) is 58.2 Å². The summed E-state index contributed by atoms with van der Waals surface area (Å²) in [6.45, 7) is 14.7. The lowest BCUT2D eigenvalue weighted by atomic mass is 9.83. The van der Waals surface area contributed by atoms with Gasteiger partial charge in [-0.15, -0.1) is 11.8 Å². The maximum absolute atomic E-state index is 14.7. The van der Waals surface area contributed by atoms with Crippen LogP contribution in [0.25, 0.3) is 0 Å². The molecule has 11 atom stereocenters. The predicted octanol–water partition coefficient (Wildman–Crippen LogP) is 3.76. The number of aliphatic carboxylic acids is 2. The van der Waals surface area contributed by atoms with Crippen LogP contribution in [-0.2, 0) is 63.8 Å². The number of carbonyl (C=O) groups excluding carboxylic acids is 8. The van der Waals surface area contributed by atoms with Crippen LogP contribution in [0.2, 0.25) is 0 Å². The van der Waals surface area contributed by atoms with Crippen LogP contribution in [0, 0.1) is 29.6 Å². The molecule has 0 spiro atoms. The van der Waals surface area contributed by atoms with E-state index in [0.29, 0.717) is 45.1 Å². The zero-order valence-corrected chi connectivity index (χ0v) is 49.6. The van der Waals surface area contributed by atoms with Crippen LogP contribution in [0.3, 0.4) is 0 Å². The maximum atomic E-state index is 14.7. The first kappa shape index (κ1) is 69.8. The van der Waals surface area contributed by atoms with Crippen LogP contribution in [0.15, 0.2) is 30.3 Å². The zero-order valence-electron chi connectivity index (χ0n) is 48.8. The first-order valence-corrected chi connectivity index (χ1v) is 28.8. The lowest BCUT2D eigenvalue weighted by molar-refractivity contribution is -0.150. The number of likely N-dealkylation sites (tertiary alicyclic amines) is 1. The Morgan fingerprint density at radius 3 is 2.04 bits per heavy atom. The number of carboxylic acids is 2. The number of nitrogens with zero attached hydrogens (tertiary/aromatic N) is 3. The molecule has 1 aliphatic heterocycles. The average molecular weight is 1130 g/mol. The van der Waals surface area contributed by atoms with Gasteiger partial charge in [-0.05, 0) is 55.9 Å². The lowest BCUT2D eigenvalue weighted by Crippen LogP contribution is -2.55. The fourth-order valence-electron chi connectivity index (χ4n) is 10.3. The number of ether oxygens (including phenoxy) is 2. The van der Waals surface area contributed by atoms with Crippen molar-refractivity contribution in [3.8, 4) is 0 Å². The number of methoxy groups -OCH3 is 2. The highest BCUT2D eigenvalue weighted by molar-refractivity contribution is 8.00. The van der Waals surface area contributed by atoms with Crippen LogP contribution < -0.4 is 21.7 Å². The largest absolute Gasteiger partial charge is 0.480 e. The topological polar surface area (TPSA) is 301 Å². The summed E-state index contributed by atoms with van der Waals surface area (Å²) in [6, 6.07) is 5.16. The maximum Gasteiger partial charge on any atom is 0.326 e. The number of amides is 5. The number of likely N-dealkylation sites (N-methyl/N-ethyl adjacent to an activating group) is 2. The third kappa shape index (κ3) is 22.3. The van der Waals surface area contributed by atoms with Gasteiger partial charge in [0.2, 0.25) is 29.5 Å². The number of carboxylic acid groups (broad SMARTS) is 2. The van der Waals surface area contributed by atoms with Gasteiger partial charge < -0.3 is 50.8 Å². The summed E-state index contributed by atoms with van der Waals surface area (Å²) in [7, 11) is 6.23. The molecule has 0 aromatic heterocycles. The van der Waals surface area contributed by atoms with Crippen molar-refractivity contribution in [2.24, 2.45) is 35.3 Å². The standard InChI is InChI=1S/C57H93N7O14S/c1-13-36(6)52(46(77-11)29-50(70)64-26-20-23-44(64)53(78-12)37(7)54(71)61-42(56(73)74)27-39-21-16-14-17-22-39)63(10)55(72)41(34(2)3)28-45(67)51(35(4)5)62(9)49(69)24-18-15-19-25-59-48(68)30-47(57(75)76)79-33-43(38(8)65)60-32-40(66)31-58/h14,16-17,21-22,34-37,41-44,46-47,51-53,60H,13,15,18-20,23-33,58H2,1-12H3,(H,59,68)(H,61,71)(H,73,74)(H,75,76)/t36-,37+,41-,42-,43?,44-,46+,47?,51-,52-,53+/m0/s1. The van der Waals surface area contributed by atoms with Crippen LogP contribution in [0.5, 0.6) is 0 Å². The number of benzene rings is 1. The van der Waals surface area contributed by atoms with Crippen molar-refractivity contribution >= 4 is 70.6 Å². The molecule has 1 aromatic rings. The van der Waals surface area contributed by atoms with Gasteiger partial charge in [-0.3, -0.25) is 48.5 Å². The van der Waals surface area contributed by atoms with E-state index in [1.807, 2.05) is 47.6 Å². The third-order valence-electron chi connectivity index (χ3n) is 15.2. The van der Waals surface area contributed by atoms with Gasteiger partial charge in [-0.1, -0.05) is 91.6 Å². The molecule has 7 N–H and O–H groups in total. The van der Waals surface area contributed by atoms with Gasteiger partial charge in [-0.25, -0.2) is 4.79 Å². The van der Waals surface area contributed by atoms with E-state index in [1.54, 1.807) is 55.1 Å². The van der Waals surface area contributed by atoms with E-state index in [-0.39, 0.29) is 110 Å². The number of Topliss-reactive ketones (excluding diaryl/α,β-unsaturated/α-hetero) is 3. The predicted molar refractivity (Wildman–Crippen MR) is 302 cm³/mol. The highest BCUT2D eigenvalue weighted by Gasteiger charge is 2.44. The van der Waals surface area contributed by atoms with E-state index >= 15 is 0 Å². The quantitative estimate of drug-likeness (QED) is 0.0512. The number of thioether (sulfide) groups is 1. The van der Waals surface area contributed by atoms with Crippen molar-refractivity contribution in [1.29, 1.82) is 0 Å². The number of carbonyl (C=O) groups is 10. The summed E-state index contributed by atoms with van der Waals surface area (Å²) in [6.07, 6.45) is 1.55. The van der Waals surface area contributed by atoms with Crippen molar-refractivity contribution in [3.05, 3.63) is 35.9 Å². The normalized spacial score (nSPS) is 17.3. The number of rotatable bonds is 39.